The number of primary amides is 1. The van der Waals surface area contributed by atoms with Gasteiger partial charge in [-0.2, -0.15) is 11.3 Å². The normalized spacial score (nSPS) is 11.8. The highest BCUT2D eigenvalue weighted by Gasteiger charge is 2.23. The quantitative estimate of drug-likeness (QED) is 0.694. The molecule has 0 aliphatic heterocycles. The van der Waals surface area contributed by atoms with E-state index in [4.69, 9.17) is 10.8 Å². The summed E-state index contributed by atoms with van der Waals surface area (Å²) in [5.41, 5.74) is 6.07. The summed E-state index contributed by atoms with van der Waals surface area (Å²) in [6.07, 6.45) is -0.426. The number of hydrogen-bond donors (Lipinski definition) is 3. The zero-order valence-electron chi connectivity index (χ0n) is 9.10. The largest absolute Gasteiger partial charge is 0.480 e. The van der Waals surface area contributed by atoms with Crippen molar-refractivity contribution in [1.29, 1.82) is 0 Å². The standard InChI is InChI=1S/C10H12N2O4S/c1-5-3-17-4-6(5)9(14)12-7(10(15)16)2-8(11)13/h3-4,7H,2H2,1H3,(H2,11,13)(H,12,14)(H,15,16)/t7-/m0/s1. The number of aryl methyl sites for hydroxylation is 1. The van der Waals surface area contributed by atoms with E-state index in [-0.39, 0.29) is 0 Å². The molecule has 0 aromatic carbocycles. The second-order valence-corrected chi connectivity index (χ2v) is 4.25. The third-order valence-electron chi connectivity index (χ3n) is 2.11. The summed E-state index contributed by atoms with van der Waals surface area (Å²) in [5, 5.41) is 14.5. The zero-order valence-corrected chi connectivity index (χ0v) is 9.91. The van der Waals surface area contributed by atoms with Gasteiger partial charge in [0.05, 0.1) is 12.0 Å². The van der Waals surface area contributed by atoms with E-state index < -0.39 is 30.2 Å². The first-order chi connectivity index (χ1) is 7.91. The fourth-order valence-corrected chi connectivity index (χ4v) is 2.06. The number of carboxylic acid groups (broad SMARTS) is 1. The Bertz CT molecular complexity index is 455. The molecule has 0 saturated carbocycles. The maximum Gasteiger partial charge on any atom is 0.326 e. The lowest BCUT2D eigenvalue weighted by Gasteiger charge is -2.12. The molecule has 92 valence electrons. The van der Waals surface area contributed by atoms with Gasteiger partial charge in [0.25, 0.3) is 5.91 Å². The van der Waals surface area contributed by atoms with Crippen LogP contribution in [0.25, 0.3) is 0 Å². The van der Waals surface area contributed by atoms with Gasteiger partial charge in [-0.25, -0.2) is 4.79 Å². The highest BCUT2D eigenvalue weighted by atomic mass is 32.1. The van der Waals surface area contributed by atoms with Crippen molar-refractivity contribution in [3.63, 3.8) is 0 Å². The first-order valence-corrected chi connectivity index (χ1v) is 5.71. The molecule has 1 heterocycles. The minimum Gasteiger partial charge on any atom is -0.480 e. The van der Waals surface area contributed by atoms with Crippen LogP contribution in [0.3, 0.4) is 0 Å². The van der Waals surface area contributed by atoms with Crippen molar-refractivity contribution in [1.82, 2.24) is 5.32 Å². The number of carbonyl (C=O) groups excluding carboxylic acids is 2. The number of carboxylic acids is 1. The minimum atomic E-state index is -1.29. The number of rotatable bonds is 5. The van der Waals surface area contributed by atoms with Gasteiger partial charge in [-0.05, 0) is 17.9 Å². The molecule has 17 heavy (non-hydrogen) atoms. The van der Waals surface area contributed by atoms with E-state index >= 15 is 0 Å². The van der Waals surface area contributed by atoms with E-state index in [1.807, 2.05) is 0 Å². The molecule has 0 unspecified atom stereocenters. The second kappa shape index (κ2) is 5.44. The van der Waals surface area contributed by atoms with Crippen molar-refractivity contribution in [2.75, 3.05) is 0 Å². The SMILES string of the molecule is Cc1cscc1C(=O)N[C@@H](CC(N)=O)C(=O)O. The summed E-state index contributed by atoms with van der Waals surface area (Å²) in [5.74, 6) is -2.58. The van der Waals surface area contributed by atoms with Crippen LogP contribution in [0.1, 0.15) is 22.3 Å². The molecule has 0 aliphatic carbocycles. The summed E-state index contributed by atoms with van der Waals surface area (Å²) in [6, 6.07) is -1.29. The van der Waals surface area contributed by atoms with E-state index in [0.717, 1.165) is 5.56 Å². The summed E-state index contributed by atoms with van der Waals surface area (Å²) >= 11 is 1.34. The number of nitrogens with two attached hydrogens (primary N) is 1. The van der Waals surface area contributed by atoms with E-state index in [9.17, 15) is 14.4 Å². The molecule has 0 spiro atoms. The first kappa shape index (κ1) is 13.2. The average molecular weight is 256 g/mol. The van der Waals surface area contributed by atoms with E-state index in [1.54, 1.807) is 17.7 Å². The highest BCUT2D eigenvalue weighted by Crippen LogP contribution is 2.13. The molecular weight excluding hydrogens is 244 g/mol. The van der Waals surface area contributed by atoms with Crippen LogP contribution >= 0.6 is 11.3 Å². The second-order valence-electron chi connectivity index (χ2n) is 3.50. The molecule has 0 saturated heterocycles. The van der Waals surface area contributed by atoms with Crippen LogP contribution in [0.4, 0.5) is 0 Å². The van der Waals surface area contributed by atoms with Crippen molar-refractivity contribution in [3.8, 4) is 0 Å². The molecule has 0 radical (unpaired) electrons. The van der Waals surface area contributed by atoms with Gasteiger partial charge in [0, 0.05) is 5.38 Å². The first-order valence-electron chi connectivity index (χ1n) is 4.76. The van der Waals surface area contributed by atoms with Crippen LogP contribution in [-0.4, -0.2) is 28.9 Å². The number of hydrogen-bond acceptors (Lipinski definition) is 4. The predicted molar refractivity (Wildman–Crippen MR) is 61.8 cm³/mol. The Morgan fingerprint density at radius 2 is 2.12 bits per heavy atom. The molecule has 1 aromatic rings. The number of aliphatic carboxylic acids is 1. The van der Waals surface area contributed by atoms with Crippen LogP contribution in [0.2, 0.25) is 0 Å². The molecule has 1 aromatic heterocycles. The summed E-state index contributed by atoms with van der Waals surface area (Å²) in [6.45, 7) is 1.75. The Morgan fingerprint density at radius 3 is 2.53 bits per heavy atom. The Labute approximate surface area is 101 Å². The molecule has 2 amide bonds. The Balaban J connectivity index is 2.74. The third-order valence-corrected chi connectivity index (χ3v) is 2.97. The Kier molecular flexibility index (Phi) is 4.22. The molecule has 6 nitrogen and oxygen atoms in total. The molecule has 4 N–H and O–H groups in total. The Morgan fingerprint density at radius 1 is 1.47 bits per heavy atom. The fraction of sp³-hybridized carbons (Fsp3) is 0.300. The van der Waals surface area contributed by atoms with Crippen LogP contribution in [-0.2, 0) is 9.59 Å². The minimum absolute atomic E-state index is 0.408. The average Bonchev–Trinajstić information content (AvgIpc) is 2.62. The summed E-state index contributed by atoms with van der Waals surface area (Å²) in [4.78, 5) is 33.2. The van der Waals surface area contributed by atoms with Gasteiger partial charge in [-0.15, -0.1) is 0 Å². The lowest BCUT2D eigenvalue weighted by atomic mass is 10.1. The van der Waals surface area contributed by atoms with Gasteiger partial charge < -0.3 is 16.2 Å². The van der Waals surface area contributed by atoms with E-state index in [0.29, 0.717) is 5.56 Å². The molecule has 0 aliphatic rings. The van der Waals surface area contributed by atoms with Gasteiger partial charge >= 0.3 is 5.97 Å². The van der Waals surface area contributed by atoms with Crippen molar-refractivity contribution in [2.45, 2.75) is 19.4 Å². The van der Waals surface area contributed by atoms with Gasteiger partial charge in [0.15, 0.2) is 0 Å². The van der Waals surface area contributed by atoms with Crippen LogP contribution < -0.4 is 11.1 Å². The lowest BCUT2D eigenvalue weighted by Crippen LogP contribution is -2.43. The van der Waals surface area contributed by atoms with Gasteiger partial charge in [-0.1, -0.05) is 0 Å². The molecule has 0 fully saturated rings. The third kappa shape index (κ3) is 3.56. The molecule has 1 atom stereocenters. The molecule has 0 bridgehead atoms. The van der Waals surface area contributed by atoms with E-state index in [2.05, 4.69) is 5.32 Å². The van der Waals surface area contributed by atoms with Gasteiger partial charge in [0.2, 0.25) is 5.91 Å². The number of nitrogens with one attached hydrogen (secondary N) is 1. The van der Waals surface area contributed by atoms with Crippen molar-refractivity contribution in [3.05, 3.63) is 21.9 Å². The van der Waals surface area contributed by atoms with Crippen LogP contribution in [0.5, 0.6) is 0 Å². The van der Waals surface area contributed by atoms with E-state index in [1.165, 1.54) is 11.3 Å². The maximum absolute atomic E-state index is 11.7. The van der Waals surface area contributed by atoms with Crippen molar-refractivity contribution < 1.29 is 19.5 Å². The van der Waals surface area contributed by atoms with Crippen LogP contribution in [0, 0.1) is 6.92 Å². The summed E-state index contributed by atoms with van der Waals surface area (Å²) in [7, 11) is 0. The summed E-state index contributed by atoms with van der Waals surface area (Å²) < 4.78 is 0. The number of carbonyl (C=O) groups is 3. The van der Waals surface area contributed by atoms with Crippen LogP contribution in [0.15, 0.2) is 10.8 Å². The predicted octanol–water partition coefficient (Wildman–Crippen LogP) is 0.115. The Hall–Kier alpha value is -1.89. The molecular formula is C10H12N2O4S. The number of thiophene rings is 1. The molecule has 7 heteroatoms. The van der Waals surface area contributed by atoms with Gasteiger partial charge in [-0.3, -0.25) is 9.59 Å². The maximum atomic E-state index is 11.7. The number of amides is 2. The van der Waals surface area contributed by atoms with Crippen molar-refractivity contribution in [2.24, 2.45) is 5.73 Å². The monoisotopic (exact) mass is 256 g/mol. The van der Waals surface area contributed by atoms with Crippen molar-refractivity contribution >= 4 is 29.1 Å². The smallest absolute Gasteiger partial charge is 0.326 e. The van der Waals surface area contributed by atoms with Gasteiger partial charge in [0.1, 0.15) is 6.04 Å². The zero-order chi connectivity index (χ0) is 13.0. The lowest BCUT2D eigenvalue weighted by molar-refractivity contribution is -0.140. The highest BCUT2D eigenvalue weighted by molar-refractivity contribution is 7.08. The topological polar surface area (TPSA) is 109 Å². The fourth-order valence-electron chi connectivity index (χ4n) is 1.23. The molecule has 1 rings (SSSR count).